The maximum Gasteiger partial charge on any atom is 0.272 e. The zero-order chi connectivity index (χ0) is 20.3. The van der Waals surface area contributed by atoms with E-state index in [4.69, 9.17) is 4.74 Å². The number of pyridine rings is 1. The van der Waals surface area contributed by atoms with E-state index in [0.717, 1.165) is 11.3 Å². The normalized spacial score (nSPS) is 17.0. The number of nitrogens with zero attached hydrogens (tertiary/aromatic N) is 3. The standard InChI is InChI=1S/C22H27N3O3/c1-15(2)18-7-10-20(23-13-18)22(27)25-12-11-24(14-16(25)3)21(26)17-5-8-19(28-4)9-6-17/h5-10,13,15-16H,11-12,14H2,1-4H3/t16-/m1/s1. The first-order chi connectivity index (χ1) is 13.4. The van der Waals surface area contributed by atoms with Gasteiger partial charge < -0.3 is 14.5 Å². The average molecular weight is 381 g/mol. The third-order valence-electron chi connectivity index (χ3n) is 5.18. The Morgan fingerprint density at radius 3 is 2.32 bits per heavy atom. The fraction of sp³-hybridized carbons (Fsp3) is 0.409. The van der Waals surface area contributed by atoms with Crippen LogP contribution in [0.1, 0.15) is 53.1 Å². The van der Waals surface area contributed by atoms with E-state index >= 15 is 0 Å². The van der Waals surface area contributed by atoms with E-state index in [2.05, 4.69) is 18.8 Å². The van der Waals surface area contributed by atoms with E-state index in [-0.39, 0.29) is 17.9 Å². The molecule has 2 amide bonds. The molecule has 0 bridgehead atoms. The molecule has 0 aliphatic carbocycles. The molecule has 0 unspecified atom stereocenters. The predicted molar refractivity (Wildman–Crippen MR) is 108 cm³/mol. The first-order valence-corrected chi connectivity index (χ1v) is 9.61. The number of aromatic nitrogens is 1. The van der Waals surface area contributed by atoms with Crippen LogP contribution in [0.15, 0.2) is 42.6 Å². The second-order valence-corrected chi connectivity index (χ2v) is 7.46. The van der Waals surface area contributed by atoms with Gasteiger partial charge in [0.05, 0.1) is 7.11 Å². The average Bonchev–Trinajstić information content (AvgIpc) is 2.72. The fourth-order valence-corrected chi connectivity index (χ4v) is 3.38. The van der Waals surface area contributed by atoms with Crippen molar-refractivity contribution >= 4 is 11.8 Å². The molecule has 1 aromatic carbocycles. The highest BCUT2D eigenvalue weighted by atomic mass is 16.5. The maximum absolute atomic E-state index is 12.9. The van der Waals surface area contributed by atoms with Crippen molar-refractivity contribution in [2.45, 2.75) is 32.7 Å². The van der Waals surface area contributed by atoms with Crippen LogP contribution < -0.4 is 4.74 Å². The lowest BCUT2D eigenvalue weighted by molar-refractivity contribution is 0.0411. The molecule has 0 saturated carbocycles. The number of carbonyl (C=O) groups is 2. The van der Waals surface area contributed by atoms with Crippen molar-refractivity contribution in [2.75, 3.05) is 26.7 Å². The summed E-state index contributed by atoms with van der Waals surface area (Å²) in [6.45, 7) is 7.66. The lowest BCUT2D eigenvalue weighted by atomic mass is 10.1. The molecule has 3 rings (SSSR count). The molecule has 1 atom stereocenters. The molecule has 1 aliphatic heterocycles. The molecular weight excluding hydrogens is 354 g/mol. The largest absolute Gasteiger partial charge is 0.497 e. The fourth-order valence-electron chi connectivity index (χ4n) is 3.38. The Morgan fingerprint density at radius 1 is 1.07 bits per heavy atom. The molecule has 0 spiro atoms. The van der Waals surface area contributed by atoms with Gasteiger partial charge in [0.15, 0.2) is 0 Å². The molecule has 2 aromatic rings. The number of carbonyl (C=O) groups excluding carboxylic acids is 2. The highest BCUT2D eigenvalue weighted by molar-refractivity contribution is 5.95. The van der Waals surface area contributed by atoms with Crippen molar-refractivity contribution in [2.24, 2.45) is 0 Å². The number of hydrogen-bond acceptors (Lipinski definition) is 4. The molecule has 148 valence electrons. The lowest BCUT2D eigenvalue weighted by Crippen LogP contribution is -2.55. The predicted octanol–water partition coefficient (Wildman–Crippen LogP) is 3.20. The third kappa shape index (κ3) is 4.16. The lowest BCUT2D eigenvalue weighted by Gasteiger charge is -2.39. The summed E-state index contributed by atoms with van der Waals surface area (Å²) >= 11 is 0. The first kappa shape index (κ1) is 19.9. The number of piperazine rings is 1. The molecule has 0 N–H and O–H groups in total. The van der Waals surface area contributed by atoms with Crippen LogP contribution >= 0.6 is 0 Å². The van der Waals surface area contributed by atoms with Gasteiger partial charge in [-0.25, -0.2) is 0 Å². The molecule has 0 radical (unpaired) electrons. The van der Waals surface area contributed by atoms with Gasteiger partial charge in [-0.1, -0.05) is 19.9 Å². The molecule has 2 heterocycles. The number of hydrogen-bond donors (Lipinski definition) is 0. The van der Waals surface area contributed by atoms with Crippen molar-refractivity contribution in [3.8, 4) is 5.75 Å². The van der Waals surface area contributed by atoms with Crippen LogP contribution in [0.2, 0.25) is 0 Å². The molecule has 1 saturated heterocycles. The van der Waals surface area contributed by atoms with Crippen LogP contribution in [0, 0.1) is 0 Å². The minimum absolute atomic E-state index is 0.0268. The number of methoxy groups -OCH3 is 1. The monoisotopic (exact) mass is 381 g/mol. The summed E-state index contributed by atoms with van der Waals surface area (Å²) in [5.41, 5.74) is 2.18. The highest BCUT2D eigenvalue weighted by Crippen LogP contribution is 2.19. The Bertz CT molecular complexity index is 831. The summed E-state index contributed by atoms with van der Waals surface area (Å²) in [5, 5.41) is 0. The van der Waals surface area contributed by atoms with Gasteiger partial charge in [-0.05, 0) is 48.7 Å². The van der Waals surface area contributed by atoms with Crippen molar-refractivity contribution in [3.05, 3.63) is 59.4 Å². The van der Waals surface area contributed by atoms with Gasteiger partial charge in [-0.2, -0.15) is 0 Å². The van der Waals surface area contributed by atoms with Crippen molar-refractivity contribution in [3.63, 3.8) is 0 Å². The summed E-state index contributed by atoms with van der Waals surface area (Å²) in [4.78, 5) is 33.6. The number of ether oxygens (including phenoxy) is 1. The third-order valence-corrected chi connectivity index (χ3v) is 5.18. The maximum atomic E-state index is 12.9. The summed E-state index contributed by atoms with van der Waals surface area (Å²) in [7, 11) is 1.60. The summed E-state index contributed by atoms with van der Waals surface area (Å²) in [5.74, 6) is 0.986. The Labute approximate surface area is 166 Å². The van der Waals surface area contributed by atoms with E-state index in [1.54, 1.807) is 53.4 Å². The van der Waals surface area contributed by atoms with Crippen LogP contribution in [-0.2, 0) is 0 Å². The van der Waals surface area contributed by atoms with Crippen LogP contribution in [0.4, 0.5) is 0 Å². The molecule has 1 aliphatic rings. The summed E-state index contributed by atoms with van der Waals surface area (Å²) < 4.78 is 5.14. The zero-order valence-electron chi connectivity index (χ0n) is 16.9. The van der Waals surface area contributed by atoms with Gasteiger partial charge in [-0.15, -0.1) is 0 Å². The highest BCUT2D eigenvalue weighted by Gasteiger charge is 2.31. The van der Waals surface area contributed by atoms with Crippen LogP contribution in [0.25, 0.3) is 0 Å². The van der Waals surface area contributed by atoms with Gasteiger partial charge in [-0.3, -0.25) is 14.6 Å². The van der Waals surface area contributed by atoms with E-state index in [9.17, 15) is 9.59 Å². The Hall–Kier alpha value is -2.89. The van der Waals surface area contributed by atoms with Crippen LogP contribution in [0.5, 0.6) is 5.75 Å². The zero-order valence-corrected chi connectivity index (χ0v) is 16.9. The molecular formula is C22H27N3O3. The van der Waals surface area contributed by atoms with Crippen molar-refractivity contribution in [1.82, 2.24) is 14.8 Å². The number of amides is 2. The molecule has 6 nitrogen and oxygen atoms in total. The first-order valence-electron chi connectivity index (χ1n) is 9.61. The molecule has 28 heavy (non-hydrogen) atoms. The topological polar surface area (TPSA) is 62.7 Å². The van der Waals surface area contributed by atoms with E-state index in [1.807, 2.05) is 13.0 Å². The minimum atomic E-state index is -0.0839. The molecule has 6 heteroatoms. The second-order valence-electron chi connectivity index (χ2n) is 7.46. The van der Waals surface area contributed by atoms with E-state index < -0.39 is 0 Å². The Balaban J connectivity index is 1.65. The second kappa shape index (κ2) is 8.42. The van der Waals surface area contributed by atoms with Crippen molar-refractivity contribution < 1.29 is 14.3 Å². The number of rotatable bonds is 4. The van der Waals surface area contributed by atoms with E-state index in [1.165, 1.54) is 0 Å². The molecule has 1 aromatic heterocycles. The van der Waals surface area contributed by atoms with Gasteiger partial charge in [0, 0.05) is 37.4 Å². The van der Waals surface area contributed by atoms with Crippen LogP contribution in [-0.4, -0.2) is 59.4 Å². The van der Waals surface area contributed by atoms with Gasteiger partial charge in [0.2, 0.25) is 0 Å². The van der Waals surface area contributed by atoms with Gasteiger partial charge >= 0.3 is 0 Å². The van der Waals surface area contributed by atoms with Crippen LogP contribution in [0.3, 0.4) is 0 Å². The summed E-state index contributed by atoms with van der Waals surface area (Å²) in [6, 6.07) is 10.8. The Kier molecular flexibility index (Phi) is 5.97. The van der Waals surface area contributed by atoms with Crippen molar-refractivity contribution in [1.29, 1.82) is 0 Å². The van der Waals surface area contributed by atoms with E-state index in [0.29, 0.717) is 36.8 Å². The molecule has 1 fully saturated rings. The Morgan fingerprint density at radius 2 is 1.79 bits per heavy atom. The quantitative estimate of drug-likeness (QED) is 0.816. The van der Waals surface area contributed by atoms with Gasteiger partial charge in [0.25, 0.3) is 11.8 Å². The SMILES string of the molecule is COc1ccc(C(=O)N2CCN(C(=O)c3ccc(C(C)C)cn3)[C@H](C)C2)cc1. The minimum Gasteiger partial charge on any atom is -0.497 e. The van der Waals surface area contributed by atoms with Gasteiger partial charge in [0.1, 0.15) is 11.4 Å². The number of benzene rings is 1. The summed E-state index contributed by atoms with van der Waals surface area (Å²) in [6.07, 6.45) is 1.77. The smallest absolute Gasteiger partial charge is 0.272 e.